The van der Waals surface area contributed by atoms with Crippen LogP contribution in [0.1, 0.15) is 56.9 Å². The van der Waals surface area contributed by atoms with Crippen molar-refractivity contribution >= 4 is 27.4 Å². The Morgan fingerprint density at radius 1 is 0.474 bits per heavy atom. The minimum absolute atomic E-state index is 0.119. The van der Waals surface area contributed by atoms with Crippen LogP contribution in [0.5, 0.6) is 0 Å². The lowest BCUT2D eigenvalue weighted by atomic mass is 9.80. The van der Waals surface area contributed by atoms with Crippen molar-refractivity contribution in [1.29, 1.82) is 0 Å². The summed E-state index contributed by atoms with van der Waals surface area (Å²) < 4.78 is 0. The number of rotatable bonds is 5. The smallest absolute Gasteiger partial charge is 0.0978 e. The SMILES string of the molecule is C#C/C=C\C1=C(C)c2ccc(-c3cc(-c4ccccc4)c4ccc5c(-c6ccccc6)cc(-c6ccc7c(c6)C(C)(C)c6ccccc6-7)nc5c4n3)cc2C1(C)C. The van der Waals surface area contributed by atoms with Crippen LogP contribution in [0, 0.1) is 12.3 Å². The Hall–Kier alpha value is -6.82. The molecule has 0 saturated heterocycles. The van der Waals surface area contributed by atoms with Gasteiger partial charge in [0.25, 0.3) is 0 Å². The van der Waals surface area contributed by atoms with Crippen LogP contribution in [0.4, 0.5) is 0 Å². The minimum atomic E-state index is -0.207. The second-order valence-corrected chi connectivity index (χ2v) is 16.6. The van der Waals surface area contributed by atoms with Gasteiger partial charge in [-0.2, -0.15) is 0 Å². The molecule has 0 atom stereocenters. The first kappa shape index (κ1) is 34.7. The van der Waals surface area contributed by atoms with Crippen molar-refractivity contribution < 1.29 is 0 Å². The van der Waals surface area contributed by atoms with E-state index >= 15 is 0 Å². The molecule has 57 heavy (non-hydrogen) atoms. The molecule has 0 fully saturated rings. The topological polar surface area (TPSA) is 25.8 Å². The molecule has 0 unspecified atom stereocenters. The van der Waals surface area contributed by atoms with E-state index in [4.69, 9.17) is 16.4 Å². The molecule has 2 aliphatic carbocycles. The first-order valence-corrected chi connectivity index (χ1v) is 19.8. The Kier molecular flexibility index (Phi) is 7.83. The van der Waals surface area contributed by atoms with Gasteiger partial charge in [0.15, 0.2) is 0 Å². The molecular weight excluding hydrogens is 689 g/mol. The molecule has 0 aliphatic heterocycles. The second-order valence-electron chi connectivity index (χ2n) is 16.6. The number of fused-ring (bicyclic) bond motifs is 7. The molecule has 6 aromatic carbocycles. The summed E-state index contributed by atoms with van der Waals surface area (Å²) in [7, 11) is 0. The van der Waals surface area contributed by atoms with Gasteiger partial charge in [-0.25, -0.2) is 9.97 Å². The highest BCUT2D eigenvalue weighted by molar-refractivity contribution is 6.13. The van der Waals surface area contributed by atoms with Crippen LogP contribution in [0.25, 0.3) is 83.3 Å². The molecule has 10 rings (SSSR count). The maximum absolute atomic E-state index is 5.65. The number of terminal acetylenes is 1. The van der Waals surface area contributed by atoms with Crippen molar-refractivity contribution in [3.63, 3.8) is 0 Å². The van der Waals surface area contributed by atoms with E-state index in [0.29, 0.717) is 0 Å². The molecular formula is C55H42N2. The van der Waals surface area contributed by atoms with Crippen molar-refractivity contribution in [2.45, 2.75) is 45.4 Å². The van der Waals surface area contributed by atoms with E-state index in [-0.39, 0.29) is 10.8 Å². The standard InChI is InChI=1S/C55H42N2/c1-7-8-22-46-34(2)39-26-24-37(30-48(39)54(46,3)4)50-32-44(35-17-11-9-12-18-35)42-28-29-43-45(36-19-13-10-14-20-36)33-51(57-53(43)52(42)56-50)38-25-27-41-40-21-15-16-23-47(40)55(5,6)49(41)31-38/h1,8-33H,2-6H3/b22-8-. The van der Waals surface area contributed by atoms with Gasteiger partial charge in [-0.15, -0.1) is 6.42 Å². The number of hydrogen-bond donors (Lipinski definition) is 0. The van der Waals surface area contributed by atoms with Crippen LogP contribution in [0.3, 0.4) is 0 Å². The van der Waals surface area contributed by atoms with E-state index in [2.05, 4.69) is 192 Å². The average molecular weight is 731 g/mol. The maximum Gasteiger partial charge on any atom is 0.0978 e. The third kappa shape index (κ3) is 5.34. The number of allylic oxidation sites excluding steroid dienone is 4. The van der Waals surface area contributed by atoms with Crippen LogP contribution < -0.4 is 0 Å². The van der Waals surface area contributed by atoms with Crippen LogP contribution in [0.2, 0.25) is 0 Å². The molecule has 2 aliphatic rings. The molecule has 0 amide bonds. The second kappa shape index (κ2) is 12.9. The largest absolute Gasteiger partial charge is 0.245 e. The van der Waals surface area contributed by atoms with Gasteiger partial charge < -0.3 is 0 Å². The summed E-state index contributed by atoms with van der Waals surface area (Å²) in [5.41, 5.74) is 20.4. The summed E-state index contributed by atoms with van der Waals surface area (Å²) in [6.07, 6.45) is 9.56. The highest BCUT2D eigenvalue weighted by Crippen LogP contribution is 2.51. The van der Waals surface area contributed by atoms with Gasteiger partial charge in [0, 0.05) is 32.7 Å². The number of nitrogens with zero attached hydrogens (tertiary/aromatic N) is 2. The van der Waals surface area contributed by atoms with Crippen molar-refractivity contribution in [1.82, 2.24) is 9.97 Å². The number of pyridine rings is 2. The van der Waals surface area contributed by atoms with Gasteiger partial charge in [-0.3, -0.25) is 0 Å². The van der Waals surface area contributed by atoms with Gasteiger partial charge >= 0.3 is 0 Å². The molecule has 2 nitrogen and oxygen atoms in total. The zero-order valence-corrected chi connectivity index (χ0v) is 33.0. The molecule has 2 aromatic heterocycles. The normalized spacial score (nSPS) is 14.9. The fraction of sp³-hybridized carbons (Fsp3) is 0.127. The van der Waals surface area contributed by atoms with E-state index in [0.717, 1.165) is 66.6 Å². The van der Waals surface area contributed by atoms with Crippen molar-refractivity contribution in [3.8, 4) is 68.2 Å². The Bertz CT molecular complexity index is 3060. The first-order chi connectivity index (χ1) is 27.6. The first-order valence-electron chi connectivity index (χ1n) is 19.8. The van der Waals surface area contributed by atoms with Gasteiger partial charge in [0.2, 0.25) is 0 Å². The molecule has 0 bridgehead atoms. The fourth-order valence-electron chi connectivity index (χ4n) is 9.62. The summed E-state index contributed by atoms with van der Waals surface area (Å²) in [4.78, 5) is 11.2. The lowest BCUT2D eigenvalue weighted by molar-refractivity contribution is 0.654. The van der Waals surface area contributed by atoms with Crippen LogP contribution in [-0.4, -0.2) is 9.97 Å². The number of benzene rings is 6. The van der Waals surface area contributed by atoms with E-state index in [1.807, 2.05) is 6.08 Å². The molecule has 0 radical (unpaired) electrons. The molecule has 0 spiro atoms. The fourth-order valence-corrected chi connectivity index (χ4v) is 9.62. The predicted octanol–water partition coefficient (Wildman–Crippen LogP) is 14.0. The van der Waals surface area contributed by atoms with Crippen LogP contribution in [0.15, 0.2) is 163 Å². The highest BCUT2D eigenvalue weighted by Gasteiger charge is 2.36. The predicted molar refractivity (Wildman–Crippen MR) is 240 cm³/mol. The van der Waals surface area contributed by atoms with E-state index in [1.54, 1.807) is 0 Å². The van der Waals surface area contributed by atoms with Crippen molar-refractivity contribution in [3.05, 3.63) is 186 Å². The lowest BCUT2D eigenvalue weighted by Gasteiger charge is -2.23. The lowest BCUT2D eigenvalue weighted by Crippen LogP contribution is -2.16. The van der Waals surface area contributed by atoms with Gasteiger partial charge in [-0.05, 0) is 110 Å². The molecule has 2 heterocycles. The summed E-state index contributed by atoms with van der Waals surface area (Å²) in [5, 5.41) is 2.15. The van der Waals surface area contributed by atoms with Crippen molar-refractivity contribution in [2.24, 2.45) is 0 Å². The van der Waals surface area contributed by atoms with Crippen LogP contribution >= 0.6 is 0 Å². The van der Waals surface area contributed by atoms with E-state index in [9.17, 15) is 0 Å². The van der Waals surface area contributed by atoms with Crippen molar-refractivity contribution in [2.75, 3.05) is 0 Å². The Morgan fingerprint density at radius 2 is 0.965 bits per heavy atom. The Labute approximate surface area is 335 Å². The van der Waals surface area contributed by atoms with Gasteiger partial charge in [0.1, 0.15) is 0 Å². The Balaban J connectivity index is 1.23. The highest BCUT2D eigenvalue weighted by atomic mass is 14.8. The summed E-state index contributed by atoms with van der Waals surface area (Å²) in [6, 6.07) is 52.9. The number of hydrogen-bond acceptors (Lipinski definition) is 2. The van der Waals surface area contributed by atoms with Gasteiger partial charge in [0.05, 0.1) is 22.4 Å². The summed E-state index contributed by atoms with van der Waals surface area (Å²) in [6.45, 7) is 11.4. The minimum Gasteiger partial charge on any atom is -0.245 e. The van der Waals surface area contributed by atoms with Gasteiger partial charge in [-0.1, -0.05) is 155 Å². The molecule has 2 heteroatoms. The molecule has 272 valence electrons. The third-order valence-electron chi connectivity index (χ3n) is 12.6. The monoisotopic (exact) mass is 730 g/mol. The zero-order chi connectivity index (χ0) is 39.1. The zero-order valence-electron chi connectivity index (χ0n) is 33.0. The summed E-state index contributed by atoms with van der Waals surface area (Å²) in [5.74, 6) is 2.69. The molecule has 0 N–H and O–H groups in total. The Morgan fingerprint density at radius 3 is 1.53 bits per heavy atom. The molecule has 0 saturated carbocycles. The number of aromatic nitrogens is 2. The van der Waals surface area contributed by atoms with Crippen LogP contribution in [-0.2, 0) is 10.8 Å². The van der Waals surface area contributed by atoms with E-state index < -0.39 is 0 Å². The summed E-state index contributed by atoms with van der Waals surface area (Å²) >= 11 is 0. The maximum atomic E-state index is 5.65. The average Bonchev–Trinajstić information content (AvgIpc) is 3.59. The van der Waals surface area contributed by atoms with E-state index in [1.165, 1.54) is 44.5 Å². The quantitative estimate of drug-likeness (QED) is 0.130. The third-order valence-corrected chi connectivity index (χ3v) is 12.6. The molecule has 8 aromatic rings.